The lowest BCUT2D eigenvalue weighted by molar-refractivity contribution is 0.262. The molecule has 2 amide bonds. The van der Waals surface area contributed by atoms with Crippen LogP contribution >= 0.6 is 11.6 Å². The molecule has 2 aromatic carbocycles. The third kappa shape index (κ3) is 4.28. The van der Waals surface area contributed by atoms with Gasteiger partial charge in [-0.3, -0.25) is 4.68 Å². The zero-order valence-corrected chi connectivity index (χ0v) is 16.1. The molecule has 0 spiro atoms. The molecule has 7 heteroatoms. The normalized spacial score (nSPS) is 10.7. The highest BCUT2D eigenvalue weighted by atomic mass is 35.5. The number of amides is 2. The summed E-state index contributed by atoms with van der Waals surface area (Å²) in [6.45, 7) is 5.83. The molecule has 5 nitrogen and oxygen atoms in total. The number of anilines is 2. The molecule has 2 N–H and O–H groups in total. The molecular formula is C20H20ClFN4O. The lowest BCUT2D eigenvalue weighted by atomic mass is 10.2. The zero-order chi connectivity index (χ0) is 19.6. The Morgan fingerprint density at radius 3 is 2.59 bits per heavy atom. The second kappa shape index (κ2) is 7.80. The van der Waals surface area contributed by atoms with Crippen molar-refractivity contribution in [1.29, 1.82) is 0 Å². The monoisotopic (exact) mass is 386 g/mol. The quantitative estimate of drug-likeness (QED) is 0.639. The Morgan fingerprint density at radius 2 is 1.89 bits per heavy atom. The van der Waals surface area contributed by atoms with Crippen LogP contribution in [0.4, 0.5) is 20.6 Å². The van der Waals surface area contributed by atoms with Crippen LogP contribution in [0.5, 0.6) is 0 Å². The first-order valence-corrected chi connectivity index (χ1v) is 8.84. The smallest absolute Gasteiger partial charge is 0.306 e. The summed E-state index contributed by atoms with van der Waals surface area (Å²) in [5, 5.41) is 10.4. The van der Waals surface area contributed by atoms with E-state index in [9.17, 15) is 9.18 Å². The number of urea groups is 1. The maximum absolute atomic E-state index is 13.9. The number of aryl methyl sites for hydroxylation is 2. The van der Waals surface area contributed by atoms with E-state index in [4.69, 9.17) is 11.6 Å². The van der Waals surface area contributed by atoms with Crippen molar-refractivity contribution in [2.24, 2.45) is 0 Å². The highest BCUT2D eigenvalue weighted by molar-refractivity contribution is 6.33. The van der Waals surface area contributed by atoms with E-state index >= 15 is 0 Å². The SMILES string of the molecule is Cc1ccc(NC(=O)Nc2c(C)nn(Cc3ccccc3F)c2C)c(Cl)c1. The molecule has 0 atom stereocenters. The Labute approximate surface area is 162 Å². The molecule has 3 rings (SSSR count). The minimum absolute atomic E-state index is 0.284. The van der Waals surface area contributed by atoms with Crippen molar-refractivity contribution in [3.8, 4) is 0 Å². The highest BCUT2D eigenvalue weighted by Crippen LogP contribution is 2.24. The van der Waals surface area contributed by atoms with Gasteiger partial charge < -0.3 is 10.6 Å². The van der Waals surface area contributed by atoms with Crippen molar-refractivity contribution in [2.45, 2.75) is 27.3 Å². The number of aromatic nitrogens is 2. The van der Waals surface area contributed by atoms with Crippen LogP contribution in [0.15, 0.2) is 42.5 Å². The number of carbonyl (C=O) groups is 1. The molecule has 0 fully saturated rings. The van der Waals surface area contributed by atoms with Gasteiger partial charge >= 0.3 is 6.03 Å². The third-order valence-corrected chi connectivity index (χ3v) is 4.58. The second-order valence-electron chi connectivity index (χ2n) is 6.36. The van der Waals surface area contributed by atoms with Crippen molar-refractivity contribution in [3.63, 3.8) is 0 Å². The Bertz CT molecular complexity index is 1000. The van der Waals surface area contributed by atoms with Gasteiger partial charge in [0.05, 0.1) is 34.3 Å². The predicted octanol–water partition coefficient (Wildman–Crippen LogP) is 5.29. The topological polar surface area (TPSA) is 59.0 Å². The Balaban J connectivity index is 1.76. The minimum atomic E-state index is -0.419. The Morgan fingerprint density at radius 1 is 1.15 bits per heavy atom. The van der Waals surface area contributed by atoms with Gasteiger partial charge in [0, 0.05) is 5.56 Å². The molecule has 140 valence electrons. The van der Waals surface area contributed by atoms with Crippen LogP contribution < -0.4 is 10.6 Å². The molecule has 0 bridgehead atoms. The van der Waals surface area contributed by atoms with Crippen molar-refractivity contribution >= 4 is 29.0 Å². The van der Waals surface area contributed by atoms with Crippen LogP contribution in [0.1, 0.15) is 22.5 Å². The lowest BCUT2D eigenvalue weighted by Gasteiger charge is -2.10. The lowest BCUT2D eigenvalue weighted by Crippen LogP contribution is -2.20. The Kier molecular flexibility index (Phi) is 5.46. The van der Waals surface area contributed by atoms with E-state index in [0.717, 1.165) is 11.3 Å². The van der Waals surface area contributed by atoms with E-state index in [1.54, 1.807) is 41.9 Å². The molecule has 1 aromatic heterocycles. The number of carbonyl (C=O) groups excluding carboxylic acids is 1. The Hall–Kier alpha value is -2.86. The number of hydrogen-bond donors (Lipinski definition) is 2. The van der Waals surface area contributed by atoms with Crippen LogP contribution in [0.3, 0.4) is 0 Å². The van der Waals surface area contributed by atoms with Gasteiger partial charge in [0.25, 0.3) is 0 Å². The molecule has 0 unspecified atom stereocenters. The molecule has 0 saturated heterocycles. The zero-order valence-electron chi connectivity index (χ0n) is 15.3. The molecule has 27 heavy (non-hydrogen) atoms. The van der Waals surface area contributed by atoms with Crippen LogP contribution in [0.2, 0.25) is 5.02 Å². The number of hydrogen-bond acceptors (Lipinski definition) is 2. The van der Waals surface area contributed by atoms with Gasteiger partial charge in [0.15, 0.2) is 0 Å². The highest BCUT2D eigenvalue weighted by Gasteiger charge is 2.16. The van der Waals surface area contributed by atoms with Crippen molar-refractivity contribution < 1.29 is 9.18 Å². The number of rotatable bonds is 4. The average Bonchev–Trinajstić information content (AvgIpc) is 2.87. The molecule has 0 aliphatic heterocycles. The van der Waals surface area contributed by atoms with Crippen molar-refractivity contribution in [2.75, 3.05) is 10.6 Å². The first-order valence-electron chi connectivity index (χ1n) is 8.46. The van der Waals surface area contributed by atoms with Crippen molar-refractivity contribution in [3.05, 3.63) is 75.8 Å². The fourth-order valence-electron chi connectivity index (χ4n) is 2.81. The number of nitrogens with zero attached hydrogens (tertiary/aromatic N) is 2. The molecular weight excluding hydrogens is 367 g/mol. The van der Waals surface area contributed by atoms with E-state index in [0.29, 0.717) is 27.7 Å². The van der Waals surface area contributed by atoms with Crippen molar-refractivity contribution in [1.82, 2.24) is 9.78 Å². The van der Waals surface area contributed by atoms with Gasteiger partial charge in [-0.1, -0.05) is 35.9 Å². The van der Waals surface area contributed by atoms with Crippen LogP contribution in [0.25, 0.3) is 0 Å². The summed E-state index contributed by atoms with van der Waals surface area (Å²) in [4.78, 5) is 12.4. The van der Waals surface area contributed by atoms with Gasteiger partial charge in [0.1, 0.15) is 5.82 Å². The fraction of sp³-hybridized carbons (Fsp3) is 0.200. The molecule has 0 aliphatic carbocycles. The average molecular weight is 387 g/mol. The maximum atomic E-state index is 13.9. The van der Waals surface area contributed by atoms with Crippen LogP contribution in [-0.2, 0) is 6.54 Å². The van der Waals surface area contributed by atoms with Gasteiger partial charge in [-0.25, -0.2) is 9.18 Å². The van der Waals surface area contributed by atoms with E-state index in [1.807, 2.05) is 19.9 Å². The summed E-state index contributed by atoms with van der Waals surface area (Å²) < 4.78 is 15.6. The van der Waals surface area contributed by atoms with Gasteiger partial charge in [-0.15, -0.1) is 0 Å². The first kappa shape index (κ1) is 18.9. The summed E-state index contributed by atoms with van der Waals surface area (Å²) in [5.74, 6) is -0.286. The fourth-order valence-corrected chi connectivity index (χ4v) is 3.09. The van der Waals surface area contributed by atoms with E-state index in [2.05, 4.69) is 15.7 Å². The number of benzene rings is 2. The molecule has 3 aromatic rings. The summed E-state index contributed by atoms with van der Waals surface area (Å²) in [5.41, 5.74) is 4.04. The molecule has 0 saturated carbocycles. The van der Waals surface area contributed by atoms with Crippen LogP contribution in [-0.4, -0.2) is 15.8 Å². The molecule has 0 aliphatic rings. The van der Waals surface area contributed by atoms with Gasteiger partial charge in [-0.05, 0) is 44.5 Å². The second-order valence-corrected chi connectivity index (χ2v) is 6.76. The van der Waals surface area contributed by atoms with Gasteiger partial charge in [0.2, 0.25) is 0 Å². The standard InChI is InChI=1S/C20H20ClFN4O/c1-12-8-9-18(16(21)10-12)23-20(27)24-19-13(2)25-26(14(19)3)11-15-6-4-5-7-17(15)22/h4-10H,11H2,1-3H3,(H2,23,24,27). The molecule has 1 heterocycles. The summed E-state index contributed by atoms with van der Waals surface area (Å²) in [7, 11) is 0. The summed E-state index contributed by atoms with van der Waals surface area (Å²) >= 11 is 6.15. The van der Waals surface area contributed by atoms with E-state index in [-0.39, 0.29) is 12.4 Å². The molecule has 0 radical (unpaired) electrons. The maximum Gasteiger partial charge on any atom is 0.323 e. The van der Waals surface area contributed by atoms with E-state index in [1.165, 1.54) is 6.07 Å². The van der Waals surface area contributed by atoms with Crippen LogP contribution in [0, 0.1) is 26.6 Å². The first-order chi connectivity index (χ1) is 12.8. The number of nitrogens with one attached hydrogen (secondary N) is 2. The summed E-state index contributed by atoms with van der Waals surface area (Å²) in [6.07, 6.45) is 0. The number of halogens is 2. The van der Waals surface area contributed by atoms with E-state index < -0.39 is 6.03 Å². The third-order valence-electron chi connectivity index (χ3n) is 4.27. The predicted molar refractivity (Wildman–Crippen MR) is 106 cm³/mol. The minimum Gasteiger partial charge on any atom is -0.306 e. The largest absolute Gasteiger partial charge is 0.323 e. The van der Waals surface area contributed by atoms with Gasteiger partial charge in [-0.2, -0.15) is 5.10 Å². The summed E-state index contributed by atoms with van der Waals surface area (Å²) in [6, 6.07) is 11.5.